The van der Waals surface area contributed by atoms with E-state index in [2.05, 4.69) is 22.9 Å². The molecule has 17 heavy (non-hydrogen) atoms. The molecule has 0 aliphatic carbocycles. The number of aromatic nitrogens is 1. The summed E-state index contributed by atoms with van der Waals surface area (Å²) in [6, 6.07) is 5.50. The lowest BCUT2D eigenvalue weighted by Crippen LogP contribution is -2.13. The van der Waals surface area contributed by atoms with Crippen molar-refractivity contribution < 1.29 is 4.79 Å². The summed E-state index contributed by atoms with van der Waals surface area (Å²) in [5.74, 6) is -0.146. The number of rotatable bonds is 2. The van der Waals surface area contributed by atoms with Crippen molar-refractivity contribution in [2.24, 2.45) is 0 Å². The van der Waals surface area contributed by atoms with Gasteiger partial charge in [0.05, 0.1) is 0 Å². The minimum Gasteiger partial charge on any atom is -0.298 e. The van der Waals surface area contributed by atoms with E-state index in [0.717, 1.165) is 15.3 Å². The lowest BCUT2D eigenvalue weighted by atomic mass is 10.1. The second-order valence-corrected chi connectivity index (χ2v) is 5.48. The molecule has 0 radical (unpaired) electrons. The summed E-state index contributed by atoms with van der Waals surface area (Å²) in [7, 11) is 0. The second kappa shape index (κ2) is 4.89. The highest BCUT2D eigenvalue weighted by molar-refractivity contribution is 7.80. The van der Waals surface area contributed by atoms with Gasteiger partial charge in [0.25, 0.3) is 5.91 Å². The molecular weight excluding hydrogens is 252 g/mol. The van der Waals surface area contributed by atoms with Crippen LogP contribution in [0.15, 0.2) is 29.3 Å². The fourth-order valence-electron chi connectivity index (χ4n) is 1.43. The van der Waals surface area contributed by atoms with E-state index >= 15 is 0 Å². The summed E-state index contributed by atoms with van der Waals surface area (Å²) in [5, 5.41) is 3.40. The molecule has 2 rings (SSSR count). The third-order valence-electron chi connectivity index (χ3n) is 2.31. The summed E-state index contributed by atoms with van der Waals surface area (Å²) in [5.41, 5.74) is 1.55. The zero-order valence-corrected chi connectivity index (χ0v) is 11.2. The number of hydrogen-bond donors (Lipinski definition) is 2. The highest BCUT2D eigenvalue weighted by Crippen LogP contribution is 2.19. The standard InChI is InChI=1S/C12H12N2OS2/c1-7-3-4-9(16)5-10(7)11(15)14-12-13-6-8(2)17-12/h3-6,16H,1-2H3,(H,13,14,15). The normalized spacial score (nSPS) is 10.3. The van der Waals surface area contributed by atoms with Crippen LogP contribution in [0.25, 0.3) is 0 Å². The van der Waals surface area contributed by atoms with Gasteiger partial charge < -0.3 is 0 Å². The number of anilines is 1. The van der Waals surface area contributed by atoms with Crippen LogP contribution in [-0.2, 0) is 0 Å². The molecule has 1 aromatic carbocycles. The predicted molar refractivity (Wildman–Crippen MR) is 73.2 cm³/mol. The van der Waals surface area contributed by atoms with Gasteiger partial charge in [0.15, 0.2) is 5.13 Å². The molecular formula is C12H12N2OS2. The van der Waals surface area contributed by atoms with Gasteiger partial charge in [-0.2, -0.15) is 0 Å². The largest absolute Gasteiger partial charge is 0.298 e. The average Bonchev–Trinajstić information content (AvgIpc) is 2.67. The molecule has 88 valence electrons. The van der Waals surface area contributed by atoms with Gasteiger partial charge in [0.1, 0.15) is 0 Å². The molecule has 0 saturated carbocycles. The Labute approximate surface area is 109 Å². The number of amides is 1. The number of nitrogens with one attached hydrogen (secondary N) is 1. The quantitative estimate of drug-likeness (QED) is 0.817. The van der Waals surface area contributed by atoms with Crippen molar-refractivity contribution in [2.45, 2.75) is 18.7 Å². The minimum absolute atomic E-state index is 0.146. The summed E-state index contributed by atoms with van der Waals surface area (Å²) >= 11 is 5.69. The summed E-state index contributed by atoms with van der Waals surface area (Å²) in [4.78, 5) is 18.0. The number of carbonyl (C=O) groups is 1. The Hall–Kier alpha value is -1.33. The average molecular weight is 264 g/mol. The number of nitrogens with zero attached hydrogens (tertiary/aromatic N) is 1. The van der Waals surface area contributed by atoms with Gasteiger partial charge in [0, 0.05) is 21.5 Å². The number of aryl methyl sites for hydroxylation is 2. The molecule has 0 spiro atoms. The number of carbonyl (C=O) groups excluding carboxylic acids is 1. The van der Waals surface area contributed by atoms with Gasteiger partial charge in [-0.15, -0.1) is 24.0 Å². The Kier molecular flexibility index (Phi) is 3.49. The van der Waals surface area contributed by atoms with E-state index in [1.165, 1.54) is 11.3 Å². The van der Waals surface area contributed by atoms with Crippen molar-refractivity contribution in [1.82, 2.24) is 4.98 Å². The van der Waals surface area contributed by atoms with E-state index < -0.39 is 0 Å². The minimum atomic E-state index is -0.146. The van der Waals surface area contributed by atoms with E-state index in [-0.39, 0.29) is 5.91 Å². The number of thiol groups is 1. The van der Waals surface area contributed by atoms with E-state index in [1.54, 1.807) is 12.3 Å². The molecule has 1 amide bonds. The third kappa shape index (κ3) is 2.87. The van der Waals surface area contributed by atoms with Crippen LogP contribution in [0.2, 0.25) is 0 Å². The van der Waals surface area contributed by atoms with E-state index in [0.29, 0.717) is 10.7 Å². The highest BCUT2D eigenvalue weighted by atomic mass is 32.1. The van der Waals surface area contributed by atoms with Crippen LogP contribution >= 0.6 is 24.0 Å². The van der Waals surface area contributed by atoms with Crippen LogP contribution in [0, 0.1) is 13.8 Å². The van der Waals surface area contributed by atoms with Gasteiger partial charge in [-0.05, 0) is 31.5 Å². The van der Waals surface area contributed by atoms with Crippen molar-refractivity contribution in [1.29, 1.82) is 0 Å². The molecule has 0 aliphatic rings. The zero-order valence-electron chi connectivity index (χ0n) is 9.52. The first-order chi connectivity index (χ1) is 8.06. The second-order valence-electron chi connectivity index (χ2n) is 3.73. The molecule has 1 aromatic heterocycles. The molecule has 1 N–H and O–H groups in total. The van der Waals surface area contributed by atoms with E-state index in [9.17, 15) is 4.79 Å². The molecule has 2 aromatic rings. The van der Waals surface area contributed by atoms with Crippen molar-refractivity contribution in [3.63, 3.8) is 0 Å². The van der Waals surface area contributed by atoms with Crippen molar-refractivity contribution in [2.75, 3.05) is 5.32 Å². The van der Waals surface area contributed by atoms with Gasteiger partial charge in [-0.25, -0.2) is 4.98 Å². The molecule has 5 heteroatoms. The zero-order chi connectivity index (χ0) is 12.4. The molecule has 0 fully saturated rings. The van der Waals surface area contributed by atoms with E-state index in [4.69, 9.17) is 0 Å². The Morgan fingerprint density at radius 2 is 2.18 bits per heavy atom. The van der Waals surface area contributed by atoms with Gasteiger partial charge >= 0.3 is 0 Å². The summed E-state index contributed by atoms with van der Waals surface area (Å²) in [6.45, 7) is 3.85. The van der Waals surface area contributed by atoms with Crippen LogP contribution in [0.3, 0.4) is 0 Å². The van der Waals surface area contributed by atoms with Crippen LogP contribution in [-0.4, -0.2) is 10.9 Å². The highest BCUT2D eigenvalue weighted by Gasteiger charge is 2.11. The maximum absolute atomic E-state index is 12.0. The van der Waals surface area contributed by atoms with Crippen molar-refractivity contribution >= 4 is 35.0 Å². The Bertz CT molecular complexity index is 563. The topological polar surface area (TPSA) is 42.0 Å². The monoisotopic (exact) mass is 264 g/mol. The van der Waals surface area contributed by atoms with Gasteiger partial charge in [-0.1, -0.05) is 6.07 Å². The van der Waals surface area contributed by atoms with Gasteiger partial charge in [0.2, 0.25) is 0 Å². The predicted octanol–water partition coefficient (Wildman–Crippen LogP) is 3.30. The molecule has 0 unspecified atom stereocenters. The van der Waals surface area contributed by atoms with Gasteiger partial charge in [-0.3, -0.25) is 10.1 Å². The molecule has 0 atom stereocenters. The fourth-order valence-corrected chi connectivity index (χ4v) is 2.29. The Morgan fingerprint density at radius 3 is 2.82 bits per heavy atom. The third-order valence-corrected chi connectivity index (χ3v) is 3.41. The summed E-state index contributed by atoms with van der Waals surface area (Å²) in [6.07, 6.45) is 1.74. The number of thiazole rings is 1. The number of hydrogen-bond acceptors (Lipinski definition) is 4. The first-order valence-corrected chi connectivity index (χ1v) is 6.36. The maximum atomic E-state index is 12.0. The Balaban J connectivity index is 2.22. The van der Waals surface area contributed by atoms with Crippen molar-refractivity contribution in [3.8, 4) is 0 Å². The maximum Gasteiger partial charge on any atom is 0.257 e. The number of benzene rings is 1. The summed E-state index contributed by atoms with van der Waals surface area (Å²) < 4.78 is 0. The lowest BCUT2D eigenvalue weighted by Gasteiger charge is -2.05. The molecule has 0 saturated heterocycles. The molecule has 1 heterocycles. The lowest BCUT2D eigenvalue weighted by molar-refractivity contribution is 0.102. The first-order valence-electron chi connectivity index (χ1n) is 5.09. The molecule has 3 nitrogen and oxygen atoms in total. The molecule has 0 aliphatic heterocycles. The van der Waals surface area contributed by atoms with E-state index in [1.807, 2.05) is 26.0 Å². The van der Waals surface area contributed by atoms with Crippen LogP contribution in [0.4, 0.5) is 5.13 Å². The van der Waals surface area contributed by atoms with Crippen LogP contribution < -0.4 is 5.32 Å². The van der Waals surface area contributed by atoms with Crippen LogP contribution in [0.5, 0.6) is 0 Å². The first kappa shape index (κ1) is 12.1. The smallest absolute Gasteiger partial charge is 0.257 e. The van der Waals surface area contributed by atoms with Crippen LogP contribution in [0.1, 0.15) is 20.8 Å². The fraction of sp³-hybridized carbons (Fsp3) is 0.167. The Morgan fingerprint density at radius 1 is 1.41 bits per heavy atom. The SMILES string of the molecule is Cc1cnc(NC(=O)c2cc(S)ccc2C)s1. The van der Waals surface area contributed by atoms with Crippen molar-refractivity contribution in [3.05, 3.63) is 40.4 Å². The molecule has 0 bridgehead atoms.